The summed E-state index contributed by atoms with van der Waals surface area (Å²) in [5.74, 6) is -0.142. The van der Waals surface area contributed by atoms with E-state index < -0.39 is 0 Å². The van der Waals surface area contributed by atoms with Crippen molar-refractivity contribution in [1.82, 2.24) is 4.90 Å². The van der Waals surface area contributed by atoms with E-state index in [0.717, 1.165) is 36.0 Å². The van der Waals surface area contributed by atoms with Gasteiger partial charge in [0.1, 0.15) is 5.82 Å². The Kier molecular flexibility index (Phi) is 4.98. The number of nitrogens with zero attached hydrogens (tertiary/aromatic N) is 1. The van der Waals surface area contributed by atoms with Gasteiger partial charge >= 0.3 is 0 Å². The average Bonchev–Trinajstić information content (AvgIpc) is 2.35. The fraction of sp³-hybridized carbons (Fsp3) is 0.600. The Balaban J connectivity index is 1.86. The Bertz CT molecular complexity index is 429. The summed E-state index contributed by atoms with van der Waals surface area (Å²) in [7, 11) is 2.05. The van der Waals surface area contributed by atoms with E-state index in [9.17, 15) is 9.50 Å². The quantitative estimate of drug-likeness (QED) is 0.866. The fourth-order valence-corrected chi connectivity index (χ4v) is 3.15. The van der Waals surface area contributed by atoms with Crippen LogP contribution in [0.2, 0.25) is 0 Å². The molecule has 2 nitrogen and oxygen atoms in total. The van der Waals surface area contributed by atoms with Crippen LogP contribution < -0.4 is 0 Å². The van der Waals surface area contributed by atoms with Crippen molar-refractivity contribution >= 4 is 15.9 Å². The van der Waals surface area contributed by atoms with Gasteiger partial charge in [0.25, 0.3) is 0 Å². The monoisotopic (exact) mass is 329 g/mol. The van der Waals surface area contributed by atoms with Gasteiger partial charge in [-0.15, -0.1) is 0 Å². The van der Waals surface area contributed by atoms with Crippen molar-refractivity contribution in [3.05, 3.63) is 34.1 Å². The highest BCUT2D eigenvalue weighted by molar-refractivity contribution is 9.10. The molecule has 0 unspecified atom stereocenters. The number of benzene rings is 1. The second-order valence-corrected chi connectivity index (χ2v) is 6.65. The Morgan fingerprint density at radius 1 is 1.42 bits per heavy atom. The van der Waals surface area contributed by atoms with Crippen LogP contribution in [0.1, 0.15) is 24.8 Å². The van der Waals surface area contributed by atoms with E-state index in [4.69, 9.17) is 0 Å². The van der Waals surface area contributed by atoms with Crippen LogP contribution in [-0.4, -0.2) is 36.8 Å². The molecule has 1 saturated carbocycles. The van der Waals surface area contributed by atoms with Crippen LogP contribution in [0.25, 0.3) is 0 Å². The molecule has 1 aliphatic carbocycles. The molecule has 4 heteroatoms. The molecule has 1 fully saturated rings. The van der Waals surface area contributed by atoms with Crippen LogP contribution in [0.3, 0.4) is 0 Å². The third-order valence-corrected chi connectivity index (χ3v) is 4.62. The molecule has 1 aliphatic rings. The number of aliphatic hydroxyl groups is 1. The molecule has 0 saturated heterocycles. The van der Waals surface area contributed by atoms with Crippen LogP contribution in [0.5, 0.6) is 0 Å². The van der Waals surface area contributed by atoms with Gasteiger partial charge in [-0.3, -0.25) is 0 Å². The summed E-state index contributed by atoms with van der Waals surface area (Å²) >= 11 is 3.37. The van der Waals surface area contributed by atoms with Crippen molar-refractivity contribution in [3.8, 4) is 0 Å². The summed E-state index contributed by atoms with van der Waals surface area (Å²) in [4.78, 5) is 2.20. The molecule has 0 atom stereocenters. The Morgan fingerprint density at radius 3 is 2.74 bits per heavy atom. The van der Waals surface area contributed by atoms with E-state index in [1.807, 2.05) is 13.1 Å². The van der Waals surface area contributed by atoms with Gasteiger partial charge in [0.05, 0.1) is 0 Å². The van der Waals surface area contributed by atoms with Crippen LogP contribution in [0.15, 0.2) is 22.7 Å². The molecule has 0 heterocycles. The van der Waals surface area contributed by atoms with Crippen LogP contribution in [-0.2, 0) is 6.42 Å². The largest absolute Gasteiger partial charge is 0.396 e. The summed E-state index contributed by atoms with van der Waals surface area (Å²) in [6.45, 7) is 1.98. The second-order valence-electron chi connectivity index (χ2n) is 5.74. The first kappa shape index (κ1) is 14.9. The first-order valence-electron chi connectivity index (χ1n) is 6.78. The molecule has 106 valence electrons. The van der Waals surface area contributed by atoms with Crippen molar-refractivity contribution in [2.45, 2.75) is 25.7 Å². The molecular formula is C15H21BrFNO. The van der Waals surface area contributed by atoms with Gasteiger partial charge in [0, 0.05) is 29.6 Å². The standard InChI is InChI=1S/C15H21BrFNO/c1-18(10-15(11-19)6-2-7-15)8-5-12-9-13(16)3-4-14(12)17/h3-4,9,19H,2,5-8,10-11H2,1H3. The predicted molar refractivity (Wildman–Crippen MR) is 78.7 cm³/mol. The SMILES string of the molecule is CN(CCc1cc(Br)ccc1F)CC1(CO)CCC1. The summed E-state index contributed by atoms with van der Waals surface area (Å²) < 4.78 is 14.5. The topological polar surface area (TPSA) is 23.5 Å². The molecule has 0 radical (unpaired) electrons. The van der Waals surface area contributed by atoms with E-state index in [0.29, 0.717) is 6.42 Å². The van der Waals surface area contributed by atoms with Crippen molar-refractivity contribution < 1.29 is 9.50 Å². The number of aliphatic hydroxyl groups excluding tert-OH is 1. The third-order valence-electron chi connectivity index (χ3n) is 4.13. The molecule has 0 bridgehead atoms. The van der Waals surface area contributed by atoms with E-state index in [1.165, 1.54) is 12.5 Å². The Hall–Kier alpha value is -0.450. The third kappa shape index (κ3) is 3.77. The highest BCUT2D eigenvalue weighted by atomic mass is 79.9. The Labute approximate surface area is 122 Å². The highest BCUT2D eigenvalue weighted by Gasteiger charge is 2.36. The molecule has 19 heavy (non-hydrogen) atoms. The highest BCUT2D eigenvalue weighted by Crippen LogP contribution is 2.40. The molecular weight excluding hydrogens is 309 g/mol. The molecule has 0 aromatic heterocycles. The zero-order chi connectivity index (χ0) is 13.9. The number of hydrogen-bond acceptors (Lipinski definition) is 2. The number of halogens is 2. The van der Waals surface area contributed by atoms with Gasteiger partial charge in [-0.2, -0.15) is 0 Å². The molecule has 1 N–H and O–H groups in total. The van der Waals surface area contributed by atoms with Gasteiger partial charge in [0.15, 0.2) is 0 Å². The summed E-state index contributed by atoms with van der Waals surface area (Å²) in [6.07, 6.45) is 4.14. The van der Waals surface area contributed by atoms with Gasteiger partial charge in [-0.1, -0.05) is 22.4 Å². The lowest BCUT2D eigenvalue weighted by Gasteiger charge is -2.43. The lowest BCUT2D eigenvalue weighted by atomic mass is 9.69. The maximum absolute atomic E-state index is 13.6. The first-order valence-corrected chi connectivity index (χ1v) is 7.57. The summed E-state index contributed by atoms with van der Waals surface area (Å²) in [5.41, 5.74) is 0.845. The summed E-state index contributed by atoms with van der Waals surface area (Å²) in [6, 6.07) is 5.06. The van der Waals surface area contributed by atoms with E-state index in [2.05, 4.69) is 20.8 Å². The predicted octanol–water partition coefficient (Wildman–Crippen LogP) is 3.23. The van der Waals surface area contributed by atoms with E-state index in [1.54, 1.807) is 6.07 Å². The van der Waals surface area contributed by atoms with Gasteiger partial charge in [-0.05, 0) is 50.1 Å². The van der Waals surface area contributed by atoms with Crippen molar-refractivity contribution in [2.24, 2.45) is 5.41 Å². The smallest absolute Gasteiger partial charge is 0.126 e. The maximum atomic E-state index is 13.6. The van der Waals surface area contributed by atoms with Gasteiger partial charge in [-0.25, -0.2) is 4.39 Å². The first-order chi connectivity index (χ1) is 9.04. The number of likely N-dealkylation sites (N-methyl/N-ethyl adjacent to an activating group) is 1. The zero-order valence-corrected chi connectivity index (χ0v) is 12.9. The van der Waals surface area contributed by atoms with Crippen molar-refractivity contribution in [2.75, 3.05) is 26.7 Å². The minimum Gasteiger partial charge on any atom is -0.396 e. The normalized spacial score (nSPS) is 17.5. The number of hydrogen-bond donors (Lipinski definition) is 1. The molecule has 0 aliphatic heterocycles. The molecule has 0 amide bonds. The zero-order valence-electron chi connectivity index (χ0n) is 11.3. The Morgan fingerprint density at radius 2 is 2.16 bits per heavy atom. The van der Waals surface area contributed by atoms with Crippen molar-refractivity contribution in [3.63, 3.8) is 0 Å². The second kappa shape index (κ2) is 6.33. The molecule has 1 aromatic rings. The minimum absolute atomic E-state index is 0.102. The minimum atomic E-state index is -0.142. The molecule has 1 aromatic carbocycles. The maximum Gasteiger partial charge on any atom is 0.126 e. The summed E-state index contributed by atoms with van der Waals surface area (Å²) in [5, 5.41) is 9.46. The van der Waals surface area contributed by atoms with Crippen LogP contribution >= 0.6 is 15.9 Å². The molecule has 2 rings (SSSR count). The van der Waals surface area contributed by atoms with E-state index >= 15 is 0 Å². The lowest BCUT2D eigenvalue weighted by Crippen LogP contribution is -2.44. The average molecular weight is 330 g/mol. The molecule has 0 spiro atoms. The number of rotatable bonds is 6. The van der Waals surface area contributed by atoms with Gasteiger partial charge in [0.2, 0.25) is 0 Å². The van der Waals surface area contributed by atoms with E-state index in [-0.39, 0.29) is 17.8 Å². The van der Waals surface area contributed by atoms with Gasteiger partial charge < -0.3 is 10.0 Å². The fourth-order valence-electron chi connectivity index (χ4n) is 2.74. The van der Waals surface area contributed by atoms with Crippen molar-refractivity contribution in [1.29, 1.82) is 0 Å². The lowest BCUT2D eigenvalue weighted by molar-refractivity contribution is 0.0149. The van der Waals surface area contributed by atoms with Crippen LogP contribution in [0.4, 0.5) is 4.39 Å². The van der Waals surface area contributed by atoms with Crippen LogP contribution in [0, 0.1) is 11.2 Å².